The molecule has 0 spiro atoms. The number of halogens is 3. The van der Waals surface area contributed by atoms with E-state index >= 15 is 0 Å². The summed E-state index contributed by atoms with van der Waals surface area (Å²) in [7, 11) is 0. The number of alkyl halides is 3. The molecule has 5 nitrogen and oxygen atoms in total. The zero-order valence-corrected chi connectivity index (χ0v) is 8.91. The van der Waals surface area contributed by atoms with Crippen LogP contribution in [0.5, 0.6) is 11.5 Å². The number of esters is 1. The lowest BCUT2D eigenvalue weighted by atomic mass is 10.2. The van der Waals surface area contributed by atoms with Crippen molar-refractivity contribution in [3.63, 3.8) is 0 Å². The van der Waals surface area contributed by atoms with Gasteiger partial charge in [-0.2, -0.15) is 0 Å². The number of rotatable bonds is 3. The SMILES string of the molecule is CC(=O)Oc1ccc(C(=O)[O-])cc1OC(F)(F)F. The maximum atomic E-state index is 12.1. The molecule has 0 amide bonds. The maximum Gasteiger partial charge on any atom is 0.573 e. The van der Waals surface area contributed by atoms with Crippen LogP contribution in [0.4, 0.5) is 13.2 Å². The first-order chi connectivity index (χ1) is 8.19. The van der Waals surface area contributed by atoms with Crippen molar-refractivity contribution in [3.8, 4) is 11.5 Å². The van der Waals surface area contributed by atoms with Crippen molar-refractivity contribution in [1.82, 2.24) is 0 Å². The van der Waals surface area contributed by atoms with Crippen molar-refractivity contribution in [2.24, 2.45) is 0 Å². The monoisotopic (exact) mass is 263 g/mol. The van der Waals surface area contributed by atoms with Gasteiger partial charge >= 0.3 is 12.3 Å². The summed E-state index contributed by atoms with van der Waals surface area (Å²) >= 11 is 0. The second-order valence-electron chi connectivity index (χ2n) is 3.09. The molecular formula is C10H6F3O5-. The van der Waals surface area contributed by atoms with Crippen molar-refractivity contribution in [2.45, 2.75) is 13.3 Å². The number of ether oxygens (including phenoxy) is 2. The number of hydrogen-bond donors (Lipinski definition) is 0. The van der Waals surface area contributed by atoms with Crippen molar-refractivity contribution < 1.29 is 37.3 Å². The predicted molar refractivity (Wildman–Crippen MR) is 48.8 cm³/mol. The van der Waals surface area contributed by atoms with Crippen LogP contribution >= 0.6 is 0 Å². The molecule has 18 heavy (non-hydrogen) atoms. The molecule has 0 bridgehead atoms. The lowest BCUT2D eigenvalue weighted by molar-refractivity contribution is -0.275. The normalized spacial score (nSPS) is 10.9. The first kappa shape index (κ1) is 13.8. The highest BCUT2D eigenvalue weighted by atomic mass is 19.4. The molecule has 0 heterocycles. The second kappa shape index (κ2) is 4.94. The molecule has 1 aromatic rings. The fourth-order valence-corrected chi connectivity index (χ4v) is 1.08. The van der Waals surface area contributed by atoms with Gasteiger partial charge in [0, 0.05) is 12.5 Å². The molecule has 0 unspecified atom stereocenters. The van der Waals surface area contributed by atoms with Gasteiger partial charge in [0.05, 0.1) is 5.97 Å². The Morgan fingerprint density at radius 3 is 2.28 bits per heavy atom. The third-order valence-electron chi connectivity index (χ3n) is 1.66. The molecule has 8 heteroatoms. The van der Waals surface area contributed by atoms with Gasteiger partial charge in [-0.05, 0) is 18.2 Å². The summed E-state index contributed by atoms with van der Waals surface area (Å²) in [5, 5.41) is 10.5. The average Bonchev–Trinajstić information content (AvgIpc) is 2.17. The number of carboxylic acids is 1. The molecule has 0 aliphatic carbocycles. The lowest BCUT2D eigenvalue weighted by Gasteiger charge is -2.14. The maximum absolute atomic E-state index is 12.1. The second-order valence-corrected chi connectivity index (χ2v) is 3.09. The Morgan fingerprint density at radius 1 is 1.22 bits per heavy atom. The third kappa shape index (κ3) is 3.96. The fraction of sp³-hybridized carbons (Fsp3) is 0.200. The summed E-state index contributed by atoms with van der Waals surface area (Å²) in [4.78, 5) is 21.2. The van der Waals surface area contributed by atoms with Crippen LogP contribution in [0.1, 0.15) is 17.3 Å². The van der Waals surface area contributed by atoms with E-state index < -0.39 is 35.4 Å². The van der Waals surface area contributed by atoms with E-state index in [0.29, 0.717) is 6.07 Å². The highest BCUT2D eigenvalue weighted by Crippen LogP contribution is 2.33. The van der Waals surface area contributed by atoms with E-state index in [4.69, 9.17) is 0 Å². The number of carboxylic acid groups (broad SMARTS) is 1. The molecule has 0 aliphatic heterocycles. The van der Waals surface area contributed by atoms with Crippen LogP contribution in [-0.4, -0.2) is 18.3 Å². The quantitative estimate of drug-likeness (QED) is 0.597. The fourth-order valence-electron chi connectivity index (χ4n) is 1.08. The molecular weight excluding hydrogens is 257 g/mol. The zero-order valence-electron chi connectivity index (χ0n) is 8.91. The molecule has 0 saturated carbocycles. The van der Waals surface area contributed by atoms with E-state index in [1.165, 1.54) is 0 Å². The summed E-state index contributed by atoms with van der Waals surface area (Å²) in [5.74, 6) is -4.02. The molecule has 0 saturated heterocycles. The van der Waals surface area contributed by atoms with E-state index in [1.807, 2.05) is 0 Å². The smallest absolute Gasteiger partial charge is 0.545 e. The van der Waals surface area contributed by atoms with Gasteiger partial charge in [-0.25, -0.2) is 0 Å². The Hall–Kier alpha value is -2.25. The van der Waals surface area contributed by atoms with Crippen molar-refractivity contribution in [2.75, 3.05) is 0 Å². The van der Waals surface area contributed by atoms with Gasteiger partial charge in [-0.3, -0.25) is 4.79 Å². The molecule has 1 rings (SSSR count). The minimum atomic E-state index is -5.04. The minimum Gasteiger partial charge on any atom is -0.545 e. The van der Waals surface area contributed by atoms with E-state index in [9.17, 15) is 27.9 Å². The summed E-state index contributed by atoms with van der Waals surface area (Å²) in [5.41, 5.74) is -0.537. The van der Waals surface area contributed by atoms with Crippen molar-refractivity contribution in [1.29, 1.82) is 0 Å². The van der Waals surface area contributed by atoms with Gasteiger partial charge in [0.25, 0.3) is 0 Å². The summed E-state index contributed by atoms with van der Waals surface area (Å²) in [6.07, 6.45) is -5.04. The van der Waals surface area contributed by atoms with Gasteiger partial charge in [-0.15, -0.1) is 13.2 Å². The van der Waals surface area contributed by atoms with Gasteiger partial charge in [0.1, 0.15) is 0 Å². The van der Waals surface area contributed by atoms with Crippen LogP contribution in [0, 0.1) is 0 Å². The first-order valence-electron chi connectivity index (χ1n) is 4.48. The van der Waals surface area contributed by atoms with E-state index in [2.05, 4.69) is 9.47 Å². The van der Waals surface area contributed by atoms with Gasteiger partial charge in [0.2, 0.25) is 0 Å². The molecule has 0 aromatic heterocycles. The summed E-state index contributed by atoms with van der Waals surface area (Å²) < 4.78 is 44.2. The Balaban J connectivity index is 3.17. The Morgan fingerprint density at radius 2 is 1.83 bits per heavy atom. The molecule has 0 atom stereocenters. The molecule has 0 fully saturated rings. The predicted octanol–water partition coefficient (Wildman–Crippen LogP) is 0.874. The molecule has 0 aliphatic rings. The van der Waals surface area contributed by atoms with Gasteiger partial charge in [-0.1, -0.05) is 0 Å². The van der Waals surface area contributed by atoms with Crippen molar-refractivity contribution >= 4 is 11.9 Å². The topological polar surface area (TPSA) is 75.7 Å². The van der Waals surface area contributed by atoms with E-state index in [1.54, 1.807) is 0 Å². The third-order valence-corrected chi connectivity index (χ3v) is 1.66. The lowest BCUT2D eigenvalue weighted by Crippen LogP contribution is -2.23. The van der Waals surface area contributed by atoms with Crippen LogP contribution in [0.25, 0.3) is 0 Å². The summed E-state index contributed by atoms with van der Waals surface area (Å²) in [6, 6.07) is 2.35. The first-order valence-corrected chi connectivity index (χ1v) is 4.48. The number of carbonyl (C=O) groups excluding carboxylic acids is 2. The zero-order chi connectivity index (χ0) is 13.9. The highest BCUT2D eigenvalue weighted by Gasteiger charge is 2.32. The Labute approximate surface area is 98.7 Å². The van der Waals surface area contributed by atoms with Crippen LogP contribution in [-0.2, 0) is 4.79 Å². The molecule has 98 valence electrons. The van der Waals surface area contributed by atoms with Gasteiger partial charge in [0.15, 0.2) is 11.5 Å². The number of hydrogen-bond acceptors (Lipinski definition) is 5. The largest absolute Gasteiger partial charge is 0.573 e. The molecule has 0 radical (unpaired) electrons. The Kier molecular flexibility index (Phi) is 3.79. The molecule has 0 N–H and O–H groups in total. The van der Waals surface area contributed by atoms with Crippen LogP contribution in [0.3, 0.4) is 0 Å². The van der Waals surface area contributed by atoms with E-state index in [0.717, 1.165) is 19.1 Å². The Bertz CT molecular complexity index is 481. The van der Waals surface area contributed by atoms with Crippen LogP contribution in [0.2, 0.25) is 0 Å². The van der Waals surface area contributed by atoms with Gasteiger partial charge < -0.3 is 19.4 Å². The van der Waals surface area contributed by atoms with Crippen molar-refractivity contribution in [3.05, 3.63) is 23.8 Å². The number of benzene rings is 1. The standard InChI is InChI=1S/C10H7F3O5/c1-5(14)17-7-3-2-6(9(15)16)4-8(7)18-10(11,12)13/h2-4H,1H3,(H,15,16)/p-1. The van der Waals surface area contributed by atoms with E-state index in [-0.39, 0.29) is 0 Å². The highest BCUT2D eigenvalue weighted by molar-refractivity contribution is 5.87. The number of carbonyl (C=O) groups is 2. The molecule has 1 aromatic carbocycles. The van der Waals surface area contributed by atoms with Crippen LogP contribution in [0.15, 0.2) is 18.2 Å². The number of aromatic carboxylic acids is 1. The summed E-state index contributed by atoms with van der Waals surface area (Å²) in [6.45, 7) is 0.976. The average molecular weight is 263 g/mol. The van der Waals surface area contributed by atoms with Crippen LogP contribution < -0.4 is 14.6 Å². The minimum absolute atomic E-state index is 0.537.